The van der Waals surface area contributed by atoms with Gasteiger partial charge in [0.1, 0.15) is 11.5 Å². The predicted octanol–water partition coefficient (Wildman–Crippen LogP) is 3.36. The Morgan fingerprint density at radius 2 is 2.00 bits per heavy atom. The maximum atomic E-state index is 9.56. The van der Waals surface area contributed by atoms with Gasteiger partial charge in [-0.25, -0.2) is 0 Å². The smallest absolute Gasteiger partial charge is 0.119 e. The minimum absolute atomic E-state index is 0.193. The van der Waals surface area contributed by atoms with E-state index in [1.54, 1.807) is 12.3 Å². The van der Waals surface area contributed by atoms with E-state index in [4.69, 9.17) is 4.74 Å². The summed E-state index contributed by atoms with van der Waals surface area (Å²) >= 11 is 0. The standard InChI is InChI=1S/C14H20O3/c1-11(2)10-17-8-4-3-5-12-9-13(15)6-7-14(12)16/h6-7,9-10,15-16H,3-5,8H2,1-2H3. The fourth-order valence-corrected chi connectivity index (χ4v) is 1.50. The van der Waals surface area contributed by atoms with Gasteiger partial charge in [-0.3, -0.25) is 0 Å². The zero-order chi connectivity index (χ0) is 12.7. The van der Waals surface area contributed by atoms with Crippen molar-refractivity contribution in [3.05, 3.63) is 35.6 Å². The third-order valence-electron chi connectivity index (χ3n) is 2.34. The van der Waals surface area contributed by atoms with Crippen molar-refractivity contribution in [3.63, 3.8) is 0 Å². The van der Waals surface area contributed by atoms with Crippen molar-refractivity contribution in [3.8, 4) is 11.5 Å². The van der Waals surface area contributed by atoms with Gasteiger partial charge in [-0.05, 0) is 62.4 Å². The molecule has 3 nitrogen and oxygen atoms in total. The molecule has 2 N–H and O–H groups in total. The minimum atomic E-state index is 0.193. The van der Waals surface area contributed by atoms with E-state index in [1.165, 1.54) is 12.1 Å². The van der Waals surface area contributed by atoms with Crippen LogP contribution in [-0.4, -0.2) is 16.8 Å². The first kappa shape index (κ1) is 13.4. The molecule has 1 aromatic rings. The summed E-state index contributed by atoms with van der Waals surface area (Å²) in [6.45, 7) is 4.67. The number of phenols is 2. The Morgan fingerprint density at radius 1 is 1.24 bits per heavy atom. The van der Waals surface area contributed by atoms with Crippen molar-refractivity contribution in [1.29, 1.82) is 0 Å². The zero-order valence-electron chi connectivity index (χ0n) is 10.4. The number of hydrogen-bond acceptors (Lipinski definition) is 3. The molecule has 0 spiro atoms. The van der Waals surface area contributed by atoms with E-state index in [0.717, 1.165) is 30.4 Å². The molecule has 0 fully saturated rings. The maximum absolute atomic E-state index is 9.56. The summed E-state index contributed by atoms with van der Waals surface area (Å²) in [5.41, 5.74) is 1.93. The molecule has 0 aliphatic carbocycles. The molecule has 3 heteroatoms. The number of phenolic OH excluding ortho intramolecular Hbond substituents is 2. The third-order valence-corrected chi connectivity index (χ3v) is 2.34. The van der Waals surface area contributed by atoms with Crippen LogP contribution < -0.4 is 0 Å². The molecule has 1 aromatic carbocycles. The van der Waals surface area contributed by atoms with Crippen LogP contribution in [0.5, 0.6) is 11.5 Å². The second-order valence-corrected chi connectivity index (χ2v) is 4.34. The lowest BCUT2D eigenvalue weighted by Gasteiger charge is -2.05. The molecule has 0 radical (unpaired) electrons. The first-order chi connectivity index (χ1) is 8.09. The quantitative estimate of drug-likeness (QED) is 0.452. The average molecular weight is 236 g/mol. The summed E-state index contributed by atoms with van der Waals surface area (Å²) in [5.74, 6) is 0.437. The van der Waals surface area contributed by atoms with Gasteiger partial charge in [-0.15, -0.1) is 0 Å². The molecule has 0 aromatic heterocycles. The van der Waals surface area contributed by atoms with Gasteiger partial charge in [0.15, 0.2) is 0 Å². The van der Waals surface area contributed by atoms with Gasteiger partial charge in [0.05, 0.1) is 12.9 Å². The monoisotopic (exact) mass is 236 g/mol. The van der Waals surface area contributed by atoms with Crippen LogP contribution in [0.1, 0.15) is 32.3 Å². The first-order valence-corrected chi connectivity index (χ1v) is 5.85. The summed E-state index contributed by atoms with van der Waals surface area (Å²) in [6.07, 6.45) is 4.36. The molecule has 0 bridgehead atoms. The van der Waals surface area contributed by atoms with Gasteiger partial charge in [0.2, 0.25) is 0 Å². The Balaban J connectivity index is 2.26. The average Bonchev–Trinajstić information content (AvgIpc) is 2.27. The lowest BCUT2D eigenvalue weighted by atomic mass is 10.1. The lowest BCUT2D eigenvalue weighted by molar-refractivity contribution is 0.239. The largest absolute Gasteiger partial charge is 0.508 e. The Labute approximate surface area is 102 Å². The number of hydrogen-bond donors (Lipinski definition) is 2. The fraction of sp³-hybridized carbons (Fsp3) is 0.429. The van der Waals surface area contributed by atoms with Gasteiger partial charge >= 0.3 is 0 Å². The summed E-state index contributed by atoms with van der Waals surface area (Å²) in [4.78, 5) is 0. The van der Waals surface area contributed by atoms with Crippen LogP contribution in [0.25, 0.3) is 0 Å². The lowest BCUT2D eigenvalue weighted by Crippen LogP contribution is -1.92. The number of allylic oxidation sites excluding steroid dienone is 1. The van der Waals surface area contributed by atoms with Crippen LogP contribution in [0.15, 0.2) is 30.0 Å². The van der Waals surface area contributed by atoms with Crippen LogP contribution in [0.2, 0.25) is 0 Å². The molecule has 0 amide bonds. The highest BCUT2D eigenvalue weighted by Gasteiger charge is 2.02. The molecule has 0 saturated carbocycles. The van der Waals surface area contributed by atoms with Gasteiger partial charge in [-0.1, -0.05) is 0 Å². The number of rotatable bonds is 6. The molecule has 0 heterocycles. The zero-order valence-corrected chi connectivity index (χ0v) is 10.4. The summed E-state index contributed by atoms with van der Waals surface area (Å²) < 4.78 is 5.31. The molecule has 0 aliphatic rings. The van der Waals surface area contributed by atoms with E-state index in [1.807, 2.05) is 13.8 Å². The maximum Gasteiger partial charge on any atom is 0.119 e. The Hall–Kier alpha value is -1.64. The summed E-state index contributed by atoms with van der Waals surface area (Å²) in [6, 6.07) is 4.60. The number of ether oxygens (including phenoxy) is 1. The van der Waals surface area contributed by atoms with Crippen molar-refractivity contribution in [2.75, 3.05) is 6.61 Å². The number of unbranched alkanes of at least 4 members (excludes halogenated alkanes) is 1. The van der Waals surface area contributed by atoms with Crippen LogP contribution >= 0.6 is 0 Å². The highest BCUT2D eigenvalue weighted by molar-refractivity contribution is 5.38. The topological polar surface area (TPSA) is 49.7 Å². The van der Waals surface area contributed by atoms with E-state index in [2.05, 4.69) is 0 Å². The van der Waals surface area contributed by atoms with Gasteiger partial charge in [0, 0.05) is 0 Å². The fourth-order valence-electron chi connectivity index (χ4n) is 1.50. The molecule has 1 rings (SSSR count). The van der Waals surface area contributed by atoms with Crippen molar-refractivity contribution in [2.45, 2.75) is 33.1 Å². The van der Waals surface area contributed by atoms with E-state index in [0.29, 0.717) is 6.61 Å². The van der Waals surface area contributed by atoms with Gasteiger partial charge in [0.25, 0.3) is 0 Å². The van der Waals surface area contributed by atoms with Gasteiger partial charge in [-0.2, -0.15) is 0 Å². The second kappa shape index (κ2) is 6.84. The molecule has 0 saturated heterocycles. The Morgan fingerprint density at radius 3 is 2.71 bits per heavy atom. The van der Waals surface area contributed by atoms with Crippen LogP contribution in [0.3, 0.4) is 0 Å². The number of aryl methyl sites for hydroxylation is 1. The van der Waals surface area contributed by atoms with Crippen molar-refractivity contribution in [1.82, 2.24) is 0 Å². The van der Waals surface area contributed by atoms with Crippen molar-refractivity contribution < 1.29 is 14.9 Å². The molecular weight excluding hydrogens is 216 g/mol. The Bertz CT molecular complexity index is 379. The highest BCUT2D eigenvalue weighted by atomic mass is 16.5. The van der Waals surface area contributed by atoms with Gasteiger partial charge < -0.3 is 14.9 Å². The summed E-state index contributed by atoms with van der Waals surface area (Å²) in [5, 5.41) is 18.9. The van der Waals surface area contributed by atoms with Crippen molar-refractivity contribution in [2.24, 2.45) is 0 Å². The molecule has 0 unspecified atom stereocenters. The summed E-state index contributed by atoms with van der Waals surface area (Å²) in [7, 11) is 0. The second-order valence-electron chi connectivity index (χ2n) is 4.34. The minimum Gasteiger partial charge on any atom is -0.508 e. The van der Waals surface area contributed by atoms with E-state index >= 15 is 0 Å². The molecule has 0 aliphatic heterocycles. The normalized spacial score (nSPS) is 10.0. The van der Waals surface area contributed by atoms with E-state index in [9.17, 15) is 10.2 Å². The van der Waals surface area contributed by atoms with E-state index < -0.39 is 0 Å². The molecule has 0 atom stereocenters. The Kier molecular flexibility index (Phi) is 5.40. The number of aromatic hydroxyl groups is 2. The number of benzene rings is 1. The van der Waals surface area contributed by atoms with Crippen LogP contribution in [0, 0.1) is 0 Å². The molecule has 17 heavy (non-hydrogen) atoms. The molecule has 94 valence electrons. The molecular formula is C14H20O3. The third kappa shape index (κ3) is 5.29. The highest BCUT2D eigenvalue weighted by Crippen LogP contribution is 2.23. The van der Waals surface area contributed by atoms with Crippen molar-refractivity contribution >= 4 is 0 Å². The SMILES string of the molecule is CC(C)=COCCCCc1cc(O)ccc1O. The van der Waals surface area contributed by atoms with E-state index in [-0.39, 0.29) is 11.5 Å². The van der Waals surface area contributed by atoms with Crippen LogP contribution in [0.4, 0.5) is 0 Å². The first-order valence-electron chi connectivity index (χ1n) is 5.85. The van der Waals surface area contributed by atoms with Crippen LogP contribution in [-0.2, 0) is 11.2 Å². The predicted molar refractivity (Wildman–Crippen MR) is 68.1 cm³/mol.